The van der Waals surface area contributed by atoms with Gasteiger partial charge in [-0.2, -0.15) is 0 Å². The van der Waals surface area contributed by atoms with Crippen molar-refractivity contribution in [2.24, 2.45) is 0 Å². The maximum Gasteiger partial charge on any atom is 0.139 e. The summed E-state index contributed by atoms with van der Waals surface area (Å²) in [6, 6.07) is 53.1. The van der Waals surface area contributed by atoms with Crippen molar-refractivity contribution in [1.29, 1.82) is 0 Å². The number of rotatable bonds is 6. The molecule has 0 aliphatic carbocycles. The zero-order valence-corrected chi connectivity index (χ0v) is 22.8. The number of fused-ring (bicyclic) bond motifs is 1. The van der Waals surface area contributed by atoms with Crippen LogP contribution in [0.25, 0.3) is 0 Å². The summed E-state index contributed by atoms with van der Waals surface area (Å²) in [4.78, 5) is 2.64. The van der Waals surface area contributed by atoms with Gasteiger partial charge >= 0.3 is 0 Å². The SMILES string of the molecule is c1ccc(P(c2ccccc2)c2ccccc2[C@H]2OC(c3ccccc3)(c3ccccc3)[C@@H]3CCCN23)cc1. The fraction of sp³-hybridized carbons (Fsp3) is 0.167. The van der Waals surface area contributed by atoms with Crippen LogP contribution in [0.4, 0.5) is 0 Å². The van der Waals surface area contributed by atoms with E-state index < -0.39 is 13.5 Å². The van der Waals surface area contributed by atoms with Crippen LogP contribution >= 0.6 is 7.92 Å². The first kappa shape index (κ1) is 24.5. The molecule has 192 valence electrons. The standard InChI is InChI=1S/C36H32NOP/c1-5-16-28(17-6-1)36(29-18-7-2-8-19-29)34-26-15-27-37(34)35(38-36)32-24-13-14-25-33(32)39(30-20-9-3-10-21-30)31-22-11-4-12-23-31/h1-14,16-25,34-35H,15,26-27H2/t34-,35+/m0/s1. The van der Waals surface area contributed by atoms with Crippen LogP contribution in [0, 0.1) is 0 Å². The van der Waals surface area contributed by atoms with E-state index in [0.29, 0.717) is 0 Å². The van der Waals surface area contributed by atoms with E-state index in [0.717, 1.165) is 13.0 Å². The summed E-state index contributed by atoms with van der Waals surface area (Å²) in [6.07, 6.45) is 2.18. The summed E-state index contributed by atoms with van der Waals surface area (Å²) in [7, 11) is -0.747. The van der Waals surface area contributed by atoms with Crippen LogP contribution in [0.2, 0.25) is 0 Å². The third kappa shape index (κ3) is 4.24. The van der Waals surface area contributed by atoms with Gasteiger partial charge in [-0.15, -0.1) is 0 Å². The smallest absolute Gasteiger partial charge is 0.139 e. The highest BCUT2D eigenvalue weighted by molar-refractivity contribution is 7.79. The fourth-order valence-electron chi connectivity index (χ4n) is 6.61. The Bertz CT molecular complexity index is 1450. The van der Waals surface area contributed by atoms with Crippen LogP contribution in [-0.2, 0) is 10.3 Å². The first-order valence-electron chi connectivity index (χ1n) is 13.9. The first-order chi connectivity index (χ1) is 19.4. The highest BCUT2D eigenvalue weighted by Crippen LogP contribution is 2.54. The second kappa shape index (κ2) is 10.5. The van der Waals surface area contributed by atoms with Gasteiger partial charge < -0.3 is 4.74 Å². The summed E-state index contributed by atoms with van der Waals surface area (Å²) in [5, 5.41) is 4.09. The van der Waals surface area contributed by atoms with Crippen molar-refractivity contribution in [3.8, 4) is 0 Å². The average molecular weight is 526 g/mol. The van der Waals surface area contributed by atoms with E-state index in [1.165, 1.54) is 39.0 Å². The van der Waals surface area contributed by atoms with Gasteiger partial charge in [-0.25, -0.2) is 0 Å². The zero-order chi connectivity index (χ0) is 26.1. The molecule has 3 heteroatoms. The first-order valence-corrected chi connectivity index (χ1v) is 15.2. The van der Waals surface area contributed by atoms with Crippen LogP contribution in [0.3, 0.4) is 0 Å². The van der Waals surface area contributed by atoms with Gasteiger partial charge in [-0.1, -0.05) is 146 Å². The highest BCUT2D eigenvalue weighted by atomic mass is 31.1. The van der Waals surface area contributed by atoms with Gasteiger partial charge in [0.05, 0.1) is 6.04 Å². The molecule has 2 nitrogen and oxygen atoms in total. The molecular formula is C36H32NOP. The van der Waals surface area contributed by atoms with E-state index in [1.54, 1.807) is 0 Å². The van der Waals surface area contributed by atoms with Gasteiger partial charge in [0, 0.05) is 12.1 Å². The summed E-state index contributed by atoms with van der Waals surface area (Å²) in [5.41, 5.74) is 3.25. The Balaban J connectivity index is 1.41. The molecule has 2 aliphatic heterocycles. The fourth-order valence-corrected chi connectivity index (χ4v) is 9.08. The lowest BCUT2D eigenvalue weighted by Gasteiger charge is -2.35. The molecule has 7 rings (SSSR count). The lowest BCUT2D eigenvalue weighted by molar-refractivity contribution is -0.0460. The molecule has 5 aromatic carbocycles. The van der Waals surface area contributed by atoms with E-state index in [9.17, 15) is 0 Å². The van der Waals surface area contributed by atoms with Crippen molar-refractivity contribution < 1.29 is 4.74 Å². The Kier molecular flexibility index (Phi) is 6.62. The Labute approximate surface area is 232 Å². The third-order valence-corrected chi connectivity index (χ3v) is 10.8. The maximum atomic E-state index is 7.47. The highest BCUT2D eigenvalue weighted by Gasteiger charge is 2.57. The van der Waals surface area contributed by atoms with E-state index in [-0.39, 0.29) is 12.3 Å². The van der Waals surface area contributed by atoms with Crippen LogP contribution < -0.4 is 15.9 Å². The number of ether oxygens (including phenoxy) is 1. The molecule has 39 heavy (non-hydrogen) atoms. The van der Waals surface area contributed by atoms with Crippen LogP contribution in [0.5, 0.6) is 0 Å². The molecule has 2 atom stereocenters. The monoisotopic (exact) mass is 525 g/mol. The normalized spacial score (nSPS) is 20.2. The van der Waals surface area contributed by atoms with Gasteiger partial charge in [0.1, 0.15) is 11.8 Å². The van der Waals surface area contributed by atoms with E-state index in [1.807, 2.05) is 0 Å². The lowest BCUT2D eigenvalue weighted by atomic mass is 9.79. The van der Waals surface area contributed by atoms with E-state index in [4.69, 9.17) is 4.74 Å². The van der Waals surface area contributed by atoms with Gasteiger partial charge in [-0.3, -0.25) is 4.90 Å². The maximum absolute atomic E-state index is 7.47. The molecule has 2 saturated heterocycles. The number of benzene rings is 5. The average Bonchev–Trinajstić information content (AvgIpc) is 3.63. The zero-order valence-electron chi connectivity index (χ0n) is 21.9. The Hall–Kier alpha value is -3.55. The number of nitrogens with zero attached hydrogens (tertiary/aromatic N) is 1. The molecule has 0 unspecified atom stereocenters. The van der Waals surface area contributed by atoms with Crippen LogP contribution in [0.15, 0.2) is 146 Å². The van der Waals surface area contributed by atoms with E-state index >= 15 is 0 Å². The molecule has 0 saturated carbocycles. The predicted octanol–water partition coefficient (Wildman–Crippen LogP) is 6.88. The van der Waals surface area contributed by atoms with Crippen molar-refractivity contribution in [2.75, 3.05) is 6.54 Å². The van der Waals surface area contributed by atoms with Gasteiger partial charge in [-0.05, 0) is 47.8 Å². The Morgan fingerprint density at radius 3 is 1.64 bits per heavy atom. The van der Waals surface area contributed by atoms with Crippen molar-refractivity contribution in [3.63, 3.8) is 0 Å². The third-order valence-electron chi connectivity index (χ3n) is 8.24. The second-order valence-electron chi connectivity index (χ2n) is 10.4. The molecule has 0 amide bonds. The molecule has 2 heterocycles. The minimum absolute atomic E-state index is 0.119. The summed E-state index contributed by atoms with van der Waals surface area (Å²) in [6.45, 7) is 1.04. The molecule has 0 spiro atoms. The Morgan fingerprint density at radius 2 is 1.08 bits per heavy atom. The summed E-state index contributed by atoms with van der Waals surface area (Å²) >= 11 is 0. The minimum atomic E-state index is -0.747. The largest absolute Gasteiger partial charge is 0.341 e. The number of hydrogen-bond donors (Lipinski definition) is 0. The van der Waals surface area contributed by atoms with Crippen LogP contribution in [0.1, 0.15) is 35.8 Å². The lowest BCUT2D eigenvalue weighted by Crippen LogP contribution is -2.40. The summed E-state index contributed by atoms with van der Waals surface area (Å²) in [5.74, 6) is 0. The second-order valence-corrected chi connectivity index (χ2v) is 12.6. The van der Waals surface area contributed by atoms with Crippen molar-refractivity contribution >= 4 is 23.8 Å². The molecule has 5 aromatic rings. The Morgan fingerprint density at radius 1 is 0.590 bits per heavy atom. The van der Waals surface area contributed by atoms with Crippen molar-refractivity contribution in [2.45, 2.75) is 30.7 Å². The summed E-state index contributed by atoms with van der Waals surface area (Å²) < 4.78 is 7.47. The van der Waals surface area contributed by atoms with Gasteiger partial charge in [0.25, 0.3) is 0 Å². The minimum Gasteiger partial charge on any atom is -0.341 e. The van der Waals surface area contributed by atoms with E-state index in [2.05, 4.69) is 150 Å². The molecule has 2 fully saturated rings. The topological polar surface area (TPSA) is 12.5 Å². The van der Waals surface area contributed by atoms with Gasteiger partial charge in [0.2, 0.25) is 0 Å². The molecule has 0 radical (unpaired) electrons. The molecular weight excluding hydrogens is 493 g/mol. The molecule has 0 N–H and O–H groups in total. The van der Waals surface area contributed by atoms with Crippen molar-refractivity contribution in [3.05, 3.63) is 162 Å². The quantitative estimate of drug-likeness (QED) is 0.224. The predicted molar refractivity (Wildman–Crippen MR) is 162 cm³/mol. The molecule has 2 aliphatic rings. The molecule has 0 bridgehead atoms. The number of hydrogen-bond acceptors (Lipinski definition) is 2. The van der Waals surface area contributed by atoms with Crippen molar-refractivity contribution in [1.82, 2.24) is 4.90 Å². The van der Waals surface area contributed by atoms with Gasteiger partial charge in [0.15, 0.2) is 0 Å². The molecule has 0 aromatic heterocycles. The van der Waals surface area contributed by atoms with Crippen LogP contribution in [-0.4, -0.2) is 17.5 Å².